The second kappa shape index (κ2) is 6.62. The van der Waals surface area contributed by atoms with E-state index in [1.807, 2.05) is 0 Å². The number of benzene rings is 1. The van der Waals surface area contributed by atoms with Gasteiger partial charge in [0.2, 0.25) is 0 Å². The van der Waals surface area contributed by atoms with Gasteiger partial charge in [0.15, 0.2) is 19.7 Å². The van der Waals surface area contributed by atoms with Crippen molar-refractivity contribution in [1.82, 2.24) is 10.6 Å². The largest absolute Gasteiger partial charge is 0.334 e. The smallest absolute Gasteiger partial charge is 0.322 e. The van der Waals surface area contributed by atoms with Gasteiger partial charge in [0.25, 0.3) is 0 Å². The fraction of sp³-hybridized carbons (Fsp3) is 0.500. The number of para-hydroxylation sites is 2. The minimum absolute atomic E-state index is 0.0417. The van der Waals surface area contributed by atoms with Crippen LogP contribution in [0.1, 0.15) is 6.42 Å². The summed E-state index contributed by atoms with van der Waals surface area (Å²) in [4.78, 5) is 26.1. The molecule has 1 aromatic rings. The minimum Gasteiger partial charge on any atom is -0.334 e. The minimum atomic E-state index is -3.25. The molecule has 10 nitrogen and oxygen atoms in total. The molecule has 3 aliphatic rings. The number of fused-ring (bicyclic) bond motifs is 1. The lowest BCUT2D eigenvalue weighted by Gasteiger charge is -2.24. The predicted octanol–water partition coefficient (Wildman–Crippen LogP) is -0.310. The molecule has 3 saturated heterocycles. The Kier molecular flexibility index (Phi) is 4.49. The Hall–Kier alpha value is -2.34. The first-order valence-corrected chi connectivity index (χ1v) is 12.4. The Morgan fingerprint density at radius 2 is 1.82 bits per heavy atom. The first-order chi connectivity index (χ1) is 13.1. The summed E-state index contributed by atoms with van der Waals surface area (Å²) in [7, 11) is -6.37. The average Bonchev–Trinajstić information content (AvgIpc) is 3.16. The SMILES string of the molecule is O=C(Nc1ccccc1N1C(=O)N[C@@H]2CS(=O)(=O)C[C@@H]21)N[C@H]1CCS(=O)(=O)C1. The lowest BCUT2D eigenvalue weighted by molar-refractivity contribution is 0.248. The van der Waals surface area contributed by atoms with Crippen molar-refractivity contribution in [3.05, 3.63) is 24.3 Å². The second-order valence-electron chi connectivity index (χ2n) is 7.29. The van der Waals surface area contributed by atoms with Crippen LogP contribution in [-0.4, -0.2) is 70.0 Å². The molecule has 0 saturated carbocycles. The zero-order valence-corrected chi connectivity index (χ0v) is 16.4. The maximum Gasteiger partial charge on any atom is 0.322 e. The van der Waals surface area contributed by atoms with Gasteiger partial charge in [-0.3, -0.25) is 4.90 Å². The van der Waals surface area contributed by atoms with Crippen LogP contribution in [0.2, 0.25) is 0 Å². The quantitative estimate of drug-likeness (QED) is 0.564. The molecule has 3 atom stereocenters. The van der Waals surface area contributed by atoms with Crippen molar-refractivity contribution in [1.29, 1.82) is 0 Å². The van der Waals surface area contributed by atoms with Crippen molar-refractivity contribution < 1.29 is 26.4 Å². The summed E-state index contributed by atoms with van der Waals surface area (Å²) in [6, 6.07) is 4.11. The normalized spacial score (nSPS) is 29.9. The van der Waals surface area contributed by atoms with E-state index in [0.29, 0.717) is 17.8 Å². The van der Waals surface area contributed by atoms with Crippen molar-refractivity contribution in [2.45, 2.75) is 24.5 Å². The summed E-state index contributed by atoms with van der Waals surface area (Å²) < 4.78 is 46.9. The van der Waals surface area contributed by atoms with E-state index in [1.165, 1.54) is 4.90 Å². The van der Waals surface area contributed by atoms with Crippen LogP contribution in [0.4, 0.5) is 21.0 Å². The number of nitrogens with one attached hydrogen (secondary N) is 3. The molecule has 28 heavy (non-hydrogen) atoms. The van der Waals surface area contributed by atoms with Gasteiger partial charge in [0, 0.05) is 6.04 Å². The van der Waals surface area contributed by atoms with Crippen LogP contribution < -0.4 is 20.9 Å². The number of sulfone groups is 2. The zero-order chi connectivity index (χ0) is 20.1. The van der Waals surface area contributed by atoms with E-state index in [-0.39, 0.29) is 23.0 Å². The van der Waals surface area contributed by atoms with E-state index < -0.39 is 49.9 Å². The number of hydrogen-bond acceptors (Lipinski definition) is 6. The Morgan fingerprint density at radius 3 is 2.54 bits per heavy atom. The molecular formula is C16H20N4O6S2. The van der Waals surface area contributed by atoms with Crippen LogP contribution in [0.15, 0.2) is 24.3 Å². The van der Waals surface area contributed by atoms with E-state index in [0.717, 1.165) is 0 Å². The van der Waals surface area contributed by atoms with E-state index in [1.54, 1.807) is 24.3 Å². The number of urea groups is 2. The number of rotatable bonds is 3. The molecule has 152 valence electrons. The summed E-state index contributed by atoms with van der Waals surface area (Å²) in [5.74, 6) is -0.304. The van der Waals surface area contributed by atoms with Crippen molar-refractivity contribution >= 4 is 43.1 Å². The van der Waals surface area contributed by atoms with Crippen LogP contribution in [0.25, 0.3) is 0 Å². The summed E-state index contributed by atoms with van der Waals surface area (Å²) >= 11 is 0. The Morgan fingerprint density at radius 1 is 1.07 bits per heavy atom. The van der Waals surface area contributed by atoms with E-state index in [4.69, 9.17) is 0 Å². The first-order valence-electron chi connectivity index (χ1n) is 8.81. The molecule has 0 aromatic heterocycles. The van der Waals surface area contributed by atoms with Gasteiger partial charge < -0.3 is 16.0 Å². The highest BCUT2D eigenvalue weighted by Crippen LogP contribution is 2.34. The third kappa shape index (κ3) is 3.65. The molecule has 0 spiro atoms. The van der Waals surface area contributed by atoms with Gasteiger partial charge in [0.1, 0.15) is 0 Å². The fourth-order valence-electron chi connectivity index (χ4n) is 3.93. The highest BCUT2D eigenvalue weighted by molar-refractivity contribution is 7.92. The molecule has 1 aromatic carbocycles. The number of amides is 4. The summed E-state index contributed by atoms with van der Waals surface area (Å²) in [5, 5.41) is 7.96. The van der Waals surface area contributed by atoms with Crippen molar-refractivity contribution in [2.75, 3.05) is 33.2 Å². The second-order valence-corrected chi connectivity index (χ2v) is 11.7. The zero-order valence-electron chi connectivity index (χ0n) is 14.8. The highest BCUT2D eigenvalue weighted by Gasteiger charge is 2.49. The third-order valence-electron chi connectivity index (χ3n) is 5.16. The van der Waals surface area contributed by atoms with Crippen LogP contribution in [-0.2, 0) is 19.7 Å². The van der Waals surface area contributed by atoms with Gasteiger partial charge in [-0.15, -0.1) is 0 Å². The number of hydrogen-bond donors (Lipinski definition) is 3. The molecule has 3 fully saturated rings. The monoisotopic (exact) mass is 428 g/mol. The van der Waals surface area contributed by atoms with Crippen LogP contribution in [0, 0.1) is 0 Å². The standard InChI is InChI=1S/C16H20N4O6S2/c21-15(17-10-5-6-27(23,24)7-10)18-11-3-1-2-4-13(11)20-14-9-28(25,26)8-12(14)19-16(20)22/h1-4,10,12,14H,5-9H2,(H,19,22)(H2,17,18,21)/t10-,12+,14-/m0/s1. The molecular weight excluding hydrogens is 408 g/mol. The molecule has 3 N–H and O–H groups in total. The molecule has 0 radical (unpaired) electrons. The Bertz CT molecular complexity index is 1040. The number of carbonyl (C=O) groups is 2. The van der Waals surface area contributed by atoms with E-state index in [2.05, 4.69) is 16.0 Å². The molecule has 4 amide bonds. The highest BCUT2D eigenvalue weighted by atomic mass is 32.2. The van der Waals surface area contributed by atoms with Crippen molar-refractivity contribution in [3.8, 4) is 0 Å². The van der Waals surface area contributed by atoms with Crippen LogP contribution >= 0.6 is 0 Å². The third-order valence-corrected chi connectivity index (χ3v) is 8.65. The molecule has 0 aliphatic carbocycles. The lowest BCUT2D eigenvalue weighted by Crippen LogP contribution is -2.40. The maximum atomic E-state index is 12.4. The molecule has 0 bridgehead atoms. The average molecular weight is 428 g/mol. The van der Waals surface area contributed by atoms with Gasteiger partial charge in [-0.1, -0.05) is 12.1 Å². The fourth-order valence-corrected chi connectivity index (χ4v) is 7.49. The summed E-state index contributed by atoms with van der Waals surface area (Å²) in [6.45, 7) is 0. The van der Waals surface area contributed by atoms with Crippen LogP contribution in [0.5, 0.6) is 0 Å². The van der Waals surface area contributed by atoms with Gasteiger partial charge in [-0.2, -0.15) is 0 Å². The lowest BCUT2D eigenvalue weighted by atomic mass is 10.1. The Labute approximate surface area is 162 Å². The molecule has 12 heteroatoms. The summed E-state index contributed by atoms with van der Waals surface area (Å²) in [5.41, 5.74) is 0.722. The topological polar surface area (TPSA) is 142 Å². The van der Waals surface area contributed by atoms with Gasteiger partial charge in [0.05, 0.1) is 46.5 Å². The van der Waals surface area contributed by atoms with E-state index >= 15 is 0 Å². The van der Waals surface area contributed by atoms with Gasteiger partial charge in [-0.25, -0.2) is 26.4 Å². The number of anilines is 2. The Balaban J connectivity index is 1.53. The van der Waals surface area contributed by atoms with Crippen LogP contribution in [0.3, 0.4) is 0 Å². The number of carbonyl (C=O) groups excluding carboxylic acids is 2. The van der Waals surface area contributed by atoms with Crippen molar-refractivity contribution in [2.24, 2.45) is 0 Å². The molecule has 3 aliphatic heterocycles. The maximum absolute atomic E-state index is 12.4. The van der Waals surface area contributed by atoms with Crippen molar-refractivity contribution in [3.63, 3.8) is 0 Å². The van der Waals surface area contributed by atoms with Gasteiger partial charge in [-0.05, 0) is 18.6 Å². The van der Waals surface area contributed by atoms with E-state index in [9.17, 15) is 26.4 Å². The molecule has 3 heterocycles. The summed E-state index contributed by atoms with van der Waals surface area (Å²) in [6.07, 6.45) is 0.355. The predicted molar refractivity (Wildman–Crippen MR) is 103 cm³/mol. The molecule has 0 unspecified atom stereocenters. The first kappa shape index (κ1) is 19.0. The molecule has 4 rings (SSSR count). The number of nitrogens with zero attached hydrogens (tertiary/aromatic N) is 1. The van der Waals surface area contributed by atoms with Gasteiger partial charge >= 0.3 is 12.1 Å².